The van der Waals surface area contributed by atoms with E-state index in [0.29, 0.717) is 5.75 Å². The Labute approximate surface area is 98.3 Å². The van der Waals surface area contributed by atoms with Crippen LogP contribution in [0.5, 0.6) is 11.5 Å². The number of hydrogen-bond donors (Lipinski definition) is 0. The summed E-state index contributed by atoms with van der Waals surface area (Å²) in [6.07, 6.45) is -4.33. The van der Waals surface area contributed by atoms with Gasteiger partial charge in [0, 0.05) is 6.07 Å². The minimum absolute atomic E-state index is 0.143. The molecule has 0 fully saturated rings. The van der Waals surface area contributed by atoms with Gasteiger partial charge in [0.2, 0.25) is 0 Å². The summed E-state index contributed by atoms with van der Waals surface area (Å²) in [5.74, 6) is 0.626. The second kappa shape index (κ2) is 4.85. The fourth-order valence-electron chi connectivity index (χ4n) is 1.15. The number of ether oxygens (including phenoxy) is 2. The van der Waals surface area contributed by atoms with Gasteiger partial charge >= 0.3 is 6.18 Å². The minimum Gasteiger partial charge on any atom is -0.488 e. The average molecular weight is 248 g/mol. The van der Waals surface area contributed by atoms with Crippen LogP contribution in [0.4, 0.5) is 13.2 Å². The van der Waals surface area contributed by atoms with E-state index in [1.54, 1.807) is 12.1 Å². The first-order valence-corrected chi connectivity index (χ1v) is 5.14. The van der Waals surface area contributed by atoms with Crippen LogP contribution in [0.15, 0.2) is 24.3 Å². The summed E-state index contributed by atoms with van der Waals surface area (Å²) in [4.78, 5) is 0. The van der Waals surface area contributed by atoms with Crippen molar-refractivity contribution in [1.29, 1.82) is 0 Å². The van der Waals surface area contributed by atoms with Gasteiger partial charge in [-0.15, -0.1) is 0 Å². The van der Waals surface area contributed by atoms with Crippen molar-refractivity contribution < 1.29 is 22.6 Å². The van der Waals surface area contributed by atoms with Gasteiger partial charge in [-0.1, -0.05) is 6.07 Å². The Hall–Kier alpha value is -1.39. The quantitative estimate of drug-likeness (QED) is 0.809. The van der Waals surface area contributed by atoms with Crippen LogP contribution in [0.1, 0.15) is 20.8 Å². The van der Waals surface area contributed by atoms with Crippen molar-refractivity contribution in [2.75, 3.05) is 6.61 Å². The smallest absolute Gasteiger partial charge is 0.422 e. The lowest BCUT2D eigenvalue weighted by Gasteiger charge is -2.21. The molecule has 1 aromatic rings. The van der Waals surface area contributed by atoms with Gasteiger partial charge in [-0.3, -0.25) is 0 Å². The molecule has 0 amide bonds. The summed E-state index contributed by atoms with van der Waals surface area (Å²) in [5.41, 5.74) is -0.400. The van der Waals surface area contributed by atoms with Crippen LogP contribution < -0.4 is 9.47 Å². The third-order valence-electron chi connectivity index (χ3n) is 1.63. The Morgan fingerprint density at radius 3 is 2.18 bits per heavy atom. The van der Waals surface area contributed by atoms with Crippen molar-refractivity contribution in [3.8, 4) is 11.5 Å². The lowest BCUT2D eigenvalue weighted by molar-refractivity contribution is -0.153. The second-order valence-corrected chi connectivity index (χ2v) is 4.59. The maximum Gasteiger partial charge on any atom is 0.422 e. The third-order valence-corrected chi connectivity index (χ3v) is 1.63. The van der Waals surface area contributed by atoms with E-state index in [4.69, 9.17) is 4.74 Å². The Morgan fingerprint density at radius 2 is 1.65 bits per heavy atom. The van der Waals surface area contributed by atoms with E-state index in [1.165, 1.54) is 12.1 Å². The molecule has 1 aromatic carbocycles. The summed E-state index contributed by atoms with van der Waals surface area (Å²) in [6, 6.07) is 6.16. The van der Waals surface area contributed by atoms with Crippen LogP contribution in [-0.4, -0.2) is 18.4 Å². The molecule has 0 unspecified atom stereocenters. The molecule has 0 saturated carbocycles. The predicted molar refractivity (Wildman–Crippen MR) is 58.4 cm³/mol. The number of alkyl halides is 3. The molecule has 0 bridgehead atoms. The summed E-state index contributed by atoms with van der Waals surface area (Å²) < 4.78 is 46.0. The Morgan fingerprint density at radius 1 is 1.06 bits per heavy atom. The molecule has 0 aliphatic carbocycles. The lowest BCUT2D eigenvalue weighted by Crippen LogP contribution is -2.23. The van der Waals surface area contributed by atoms with E-state index in [-0.39, 0.29) is 5.75 Å². The fourth-order valence-corrected chi connectivity index (χ4v) is 1.15. The molecule has 1 rings (SSSR count). The van der Waals surface area contributed by atoms with E-state index in [2.05, 4.69) is 4.74 Å². The van der Waals surface area contributed by atoms with Crippen molar-refractivity contribution in [2.24, 2.45) is 0 Å². The Balaban J connectivity index is 2.66. The molecule has 5 heteroatoms. The van der Waals surface area contributed by atoms with E-state index < -0.39 is 18.4 Å². The van der Waals surface area contributed by atoms with Crippen molar-refractivity contribution in [3.63, 3.8) is 0 Å². The van der Waals surface area contributed by atoms with Crippen molar-refractivity contribution in [1.82, 2.24) is 0 Å². The molecule has 96 valence electrons. The SMILES string of the molecule is CC(C)(C)Oc1cccc(OCC(F)(F)F)c1. The molecule has 0 aromatic heterocycles. The second-order valence-electron chi connectivity index (χ2n) is 4.59. The zero-order chi connectivity index (χ0) is 13.1. The zero-order valence-corrected chi connectivity index (χ0v) is 9.97. The standard InChI is InChI=1S/C12H15F3O2/c1-11(2,3)17-10-6-4-5-9(7-10)16-8-12(13,14)15/h4-7H,8H2,1-3H3. The molecule has 0 aliphatic rings. The van der Waals surface area contributed by atoms with Crippen LogP contribution in [-0.2, 0) is 0 Å². The maximum absolute atomic E-state index is 12.0. The van der Waals surface area contributed by atoms with Crippen molar-refractivity contribution in [3.05, 3.63) is 24.3 Å². The first-order valence-electron chi connectivity index (χ1n) is 5.14. The minimum atomic E-state index is -4.33. The summed E-state index contributed by atoms with van der Waals surface area (Å²) in [7, 11) is 0. The first kappa shape index (κ1) is 13.7. The van der Waals surface area contributed by atoms with E-state index >= 15 is 0 Å². The first-order chi connectivity index (χ1) is 7.66. The molecular formula is C12H15F3O2. The zero-order valence-electron chi connectivity index (χ0n) is 9.97. The van der Waals surface area contributed by atoms with Crippen molar-refractivity contribution >= 4 is 0 Å². The molecule has 0 aliphatic heterocycles. The molecule has 0 saturated heterocycles. The summed E-state index contributed by atoms with van der Waals surface area (Å²) >= 11 is 0. The number of benzene rings is 1. The van der Waals surface area contributed by atoms with E-state index in [1.807, 2.05) is 20.8 Å². The Bertz CT molecular complexity index is 367. The monoisotopic (exact) mass is 248 g/mol. The maximum atomic E-state index is 12.0. The lowest BCUT2D eigenvalue weighted by atomic mass is 10.2. The molecule has 0 heterocycles. The van der Waals surface area contributed by atoms with Gasteiger partial charge < -0.3 is 9.47 Å². The molecule has 17 heavy (non-hydrogen) atoms. The topological polar surface area (TPSA) is 18.5 Å². The van der Waals surface area contributed by atoms with Gasteiger partial charge in [-0.25, -0.2) is 0 Å². The van der Waals surface area contributed by atoms with Crippen molar-refractivity contribution in [2.45, 2.75) is 32.5 Å². The number of rotatable bonds is 3. The van der Waals surface area contributed by atoms with E-state index in [9.17, 15) is 13.2 Å². The number of halogens is 3. The van der Waals surface area contributed by atoms with Crippen LogP contribution in [0.2, 0.25) is 0 Å². The highest BCUT2D eigenvalue weighted by atomic mass is 19.4. The van der Waals surface area contributed by atoms with Crippen LogP contribution in [0, 0.1) is 0 Å². The highest BCUT2D eigenvalue weighted by Gasteiger charge is 2.28. The summed E-state index contributed by atoms with van der Waals surface area (Å²) in [5, 5.41) is 0. The van der Waals surface area contributed by atoms with Gasteiger partial charge in [-0.05, 0) is 32.9 Å². The molecule has 0 radical (unpaired) electrons. The van der Waals surface area contributed by atoms with Crippen LogP contribution >= 0.6 is 0 Å². The predicted octanol–water partition coefficient (Wildman–Crippen LogP) is 3.81. The normalized spacial score (nSPS) is 12.4. The van der Waals surface area contributed by atoms with Gasteiger partial charge in [0.25, 0.3) is 0 Å². The molecule has 0 atom stereocenters. The molecular weight excluding hydrogens is 233 g/mol. The fraction of sp³-hybridized carbons (Fsp3) is 0.500. The van der Waals surface area contributed by atoms with Gasteiger partial charge in [0.15, 0.2) is 6.61 Å². The molecule has 0 spiro atoms. The largest absolute Gasteiger partial charge is 0.488 e. The van der Waals surface area contributed by atoms with Crippen LogP contribution in [0.25, 0.3) is 0 Å². The number of hydrogen-bond acceptors (Lipinski definition) is 2. The molecule has 0 N–H and O–H groups in total. The van der Waals surface area contributed by atoms with Crippen LogP contribution in [0.3, 0.4) is 0 Å². The van der Waals surface area contributed by atoms with Gasteiger partial charge in [-0.2, -0.15) is 13.2 Å². The highest BCUT2D eigenvalue weighted by Crippen LogP contribution is 2.24. The average Bonchev–Trinajstić information content (AvgIpc) is 2.11. The Kier molecular flexibility index (Phi) is 3.91. The van der Waals surface area contributed by atoms with Gasteiger partial charge in [0.05, 0.1) is 0 Å². The third kappa shape index (κ3) is 6.04. The summed E-state index contributed by atoms with van der Waals surface area (Å²) in [6.45, 7) is 4.27. The van der Waals surface area contributed by atoms with Gasteiger partial charge in [0.1, 0.15) is 17.1 Å². The molecule has 2 nitrogen and oxygen atoms in total. The highest BCUT2D eigenvalue weighted by molar-refractivity contribution is 5.33. The van der Waals surface area contributed by atoms with E-state index in [0.717, 1.165) is 0 Å².